The van der Waals surface area contributed by atoms with Crippen molar-refractivity contribution < 1.29 is 18.4 Å². The second-order valence-corrected chi connectivity index (χ2v) is 3.11. The largest absolute Gasteiger partial charge is 2.00 e. The minimum absolute atomic E-state index is 0. The Balaban J connectivity index is -0.0000000240. The molecule has 0 heterocycles. The van der Waals surface area contributed by atoms with E-state index in [4.69, 9.17) is 13.0 Å². The van der Waals surface area contributed by atoms with Crippen molar-refractivity contribution >= 4 is 34.0 Å². The van der Waals surface area contributed by atoms with Gasteiger partial charge in [-0.1, -0.05) is 40.5 Å². The predicted molar refractivity (Wildman–Crippen MR) is 54.6 cm³/mol. The van der Waals surface area contributed by atoms with E-state index in [2.05, 4.69) is 13.8 Å². The van der Waals surface area contributed by atoms with Gasteiger partial charge < -0.3 is 10.0 Å². The summed E-state index contributed by atoms with van der Waals surface area (Å²) in [6.45, 7) is 11.0. The van der Waals surface area contributed by atoms with Crippen LogP contribution in [0.5, 0.6) is 0 Å². The fourth-order valence-corrected chi connectivity index (χ4v) is 0. The molecule has 0 rings (SSSR count). The maximum atomic E-state index is 9.08. The van der Waals surface area contributed by atoms with Crippen LogP contribution in [0.4, 0.5) is 0 Å². The zero-order valence-corrected chi connectivity index (χ0v) is 12.1. The number of hydrogen-bond donors (Lipinski definition) is 0. The molecule has 0 aliphatic heterocycles. The molecule has 0 spiro atoms. The normalized spacial score (nSPS) is 7.23. The summed E-state index contributed by atoms with van der Waals surface area (Å²) in [7, 11) is -3.92. The summed E-state index contributed by atoms with van der Waals surface area (Å²) in [6, 6.07) is 0. The summed E-state index contributed by atoms with van der Waals surface area (Å²) >= 11 is 0. The van der Waals surface area contributed by atoms with E-state index in [-0.39, 0.29) is 29.4 Å². The first kappa shape index (κ1) is 29.2. The quantitative estimate of drug-likeness (QED) is 0.494. The van der Waals surface area contributed by atoms with Gasteiger partial charge in [0.15, 0.2) is 0 Å². The molecule has 0 amide bonds. The van der Waals surface area contributed by atoms with Crippen LogP contribution in [-0.2, 0) is 10.1 Å². The Morgan fingerprint density at radius 3 is 1.15 bits per heavy atom. The first-order chi connectivity index (χ1) is 4.83. The third kappa shape index (κ3) is 3220. The molecule has 0 fully saturated rings. The van der Waals surface area contributed by atoms with Gasteiger partial charge in [0.25, 0.3) is 0 Å². The average molecular weight is 317 g/mol. The molecule has 0 unspecified atom stereocenters. The third-order valence-electron chi connectivity index (χ3n) is 0. The van der Waals surface area contributed by atoms with Gasteiger partial charge in [0.1, 0.15) is 0 Å². The average Bonchev–Trinajstić information content (AvgIpc) is 1.62. The SMILES string of the molecule is CS(=O)(=O)[O-].[CH2]CC.[CH2]CC.[OH-].[Sn+2]. The van der Waals surface area contributed by atoms with Crippen LogP contribution >= 0.6 is 0 Å². The van der Waals surface area contributed by atoms with E-state index in [1.807, 2.05) is 13.8 Å². The zero-order valence-electron chi connectivity index (χ0n) is 8.41. The minimum atomic E-state index is -3.92. The molecule has 0 aliphatic carbocycles. The molecule has 13 heavy (non-hydrogen) atoms. The molecule has 0 saturated heterocycles. The second-order valence-electron chi connectivity index (χ2n) is 1.70. The summed E-state index contributed by atoms with van der Waals surface area (Å²) in [6.07, 6.45) is 2.60. The second kappa shape index (κ2) is 23.0. The van der Waals surface area contributed by atoms with Crippen LogP contribution in [-0.4, -0.2) is 48.6 Å². The summed E-state index contributed by atoms with van der Waals surface area (Å²) in [5.41, 5.74) is 0. The van der Waals surface area contributed by atoms with Crippen molar-refractivity contribution in [3.63, 3.8) is 0 Å². The Kier molecular flexibility index (Phi) is 51.5. The van der Waals surface area contributed by atoms with Crippen LogP contribution in [0.15, 0.2) is 0 Å². The fraction of sp³-hybridized carbons (Fsp3) is 0.714. The Morgan fingerprint density at radius 1 is 1.15 bits per heavy atom. The molecular weight excluding hydrogens is 299 g/mol. The van der Waals surface area contributed by atoms with Crippen LogP contribution in [0.25, 0.3) is 0 Å². The molecule has 1 N–H and O–H groups in total. The summed E-state index contributed by atoms with van der Waals surface area (Å²) in [5.74, 6) is 0. The molecular formula is C7H18O4SSn. The molecule has 0 bridgehead atoms. The first-order valence-corrected chi connectivity index (χ1v) is 5.14. The maximum Gasteiger partial charge on any atom is 2.00 e. The summed E-state index contributed by atoms with van der Waals surface area (Å²) < 4.78 is 27.2. The van der Waals surface area contributed by atoms with Crippen molar-refractivity contribution in [3.05, 3.63) is 13.8 Å². The molecule has 0 atom stereocenters. The van der Waals surface area contributed by atoms with Crippen LogP contribution in [0.3, 0.4) is 0 Å². The van der Waals surface area contributed by atoms with Gasteiger partial charge in [0.05, 0.1) is 10.1 Å². The van der Waals surface area contributed by atoms with Gasteiger partial charge in [-0.2, -0.15) is 0 Å². The van der Waals surface area contributed by atoms with Crippen molar-refractivity contribution in [1.29, 1.82) is 0 Å². The minimum Gasteiger partial charge on any atom is -0.870 e. The Hall–Kier alpha value is 0.669. The number of hydrogen-bond acceptors (Lipinski definition) is 4. The van der Waals surface area contributed by atoms with Crippen molar-refractivity contribution in [1.82, 2.24) is 0 Å². The monoisotopic (exact) mass is 318 g/mol. The molecule has 4 radical (unpaired) electrons. The van der Waals surface area contributed by atoms with Crippen LogP contribution in [0.1, 0.15) is 26.7 Å². The molecule has 0 saturated carbocycles. The van der Waals surface area contributed by atoms with E-state index < -0.39 is 10.1 Å². The molecule has 0 aliphatic rings. The summed E-state index contributed by atoms with van der Waals surface area (Å²) in [5, 5.41) is 0. The van der Waals surface area contributed by atoms with Crippen molar-refractivity contribution in [3.8, 4) is 0 Å². The predicted octanol–water partition coefficient (Wildman–Crippen LogP) is 1.06. The van der Waals surface area contributed by atoms with Gasteiger partial charge in [0.2, 0.25) is 0 Å². The van der Waals surface area contributed by atoms with E-state index >= 15 is 0 Å². The maximum absolute atomic E-state index is 9.08. The van der Waals surface area contributed by atoms with E-state index in [1.54, 1.807) is 0 Å². The van der Waals surface area contributed by atoms with Gasteiger partial charge >= 0.3 is 23.9 Å². The first-order valence-electron chi connectivity index (χ1n) is 3.32. The van der Waals surface area contributed by atoms with Gasteiger partial charge in [-0.25, -0.2) is 8.42 Å². The van der Waals surface area contributed by atoms with Crippen LogP contribution in [0, 0.1) is 13.8 Å². The van der Waals surface area contributed by atoms with Crippen molar-refractivity contribution in [2.45, 2.75) is 26.7 Å². The molecule has 6 heteroatoms. The molecule has 0 aromatic carbocycles. The van der Waals surface area contributed by atoms with Crippen molar-refractivity contribution in [2.24, 2.45) is 0 Å². The Bertz CT molecular complexity index is 123. The van der Waals surface area contributed by atoms with Gasteiger partial charge in [-0.15, -0.1) is 0 Å². The van der Waals surface area contributed by atoms with Crippen LogP contribution < -0.4 is 0 Å². The van der Waals surface area contributed by atoms with Gasteiger partial charge in [0, 0.05) is 6.26 Å². The standard InChI is InChI=1S/2C3H7.CH4O3S.H2O.Sn/c2*1-3-2;1-5(2,3)4;;/h2*1,3H2,2H3;1H3,(H,2,3,4);1H2;/q;;;;+2/p-2. The van der Waals surface area contributed by atoms with E-state index in [0.717, 1.165) is 12.8 Å². The summed E-state index contributed by atoms with van der Waals surface area (Å²) in [4.78, 5) is 0. The van der Waals surface area contributed by atoms with Crippen LogP contribution in [0.2, 0.25) is 0 Å². The van der Waals surface area contributed by atoms with Crippen molar-refractivity contribution in [2.75, 3.05) is 6.26 Å². The van der Waals surface area contributed by atoms with Gasteiger partial charge in [-0.3, -0.25) is 0 Å². The Morgan fingerprint density at radius 2 is 1.15 bits per heavy atom. The van der Waals surface area contributed by atoms with E-state index in [9.17, 15) is 0 Å². The number of rotatable bonds is 0. The third-order valence-corrected chi connectivity index (χ3v) is 0. The fourth-order valence-electron chi connectivity index (χ4n) is 0. The van der Waals surface area contributed by atoms with E-state index in [1.165, 1.54) is 0 Å². The molecule has 4 nitrogen and oxygen atoms in total. The topological polar surface area (TPSA) is 87.2 Å². The van der Waals surface area contributed by atoms with Gasteiger partial charge in [-0.05, 0) is 0 Å². The molecule has 0 aromatic rings. The molecule has 0 aromatic heterocycles. The van der Waals surface area contributed by atoms with E-state index in [0.29, 0.717) is 6.26 Å². The Labute approximate surface area is 99.1 Å². The smallest absolute Gasteiger partial charge is 0.870 e. The molecule has 80 valence electrons. The zero-order chi connectivity index (χ0) is 9.91.